The van der Waals surface area contributed by atoms with Crippen LogP contribution in [0.25, 0.3) is 0 Å². The van der Waals surface area contributed by atoms with Gasteiger partial charge in [0, 0.05) is 13.0 Å². The second-order valence-electron chi connectivity index (χ2n) is 9.54. The highest BCUT2D eigenvalue weighted by Crippen LogP contribution is 2.27. The lowest BCUT2D eigenvalue weighted by Gasteiger charge is -2.24. The van der Waals surface area contributed by atoms with Crippen LogP contribution in [0.3, 0.4) is 0 Å². The summed E-state index contributed by atoms with van der Waals surface area (Å²) in [5, 5.41) is 11.7. The quantitative estimate of drug-likeness (QED) is 0.268. The molecule has 0 saturated heterocycles. The molecule has 3 unspecified atom stereocenters. The molecule has 186 valence electrons. The molecule has 4 atom stereocenters. The monoisotopic (exact) mass is 479 g/mol. The summed E-state index contributed by atoms with van der Waals surface area (Å²) >= 11 is -1.50. The first-order chi connectivity index (χ1) is 15.6. The summed E-state index contributed by atoms with van der Waals surface area (Å²) in [6, 6.07) is 1.47. The fourth-order valence-electron chi connectivity index (χ4n) is 4.81. The Hall–Kier alpha value is -1.61. The molecule has 1 amide bonds. The number of hydrogen-bond donors (Lipinski definition) is 4. The van der Waals surface area contributed by atoms with E-state index in [0.29, 0.717) is 6.54 Å². The highest BCUT2D eigenvalue weighted by atomic mass is 32.2. The van der Waals surface area contributed by atoms with E-state index in [-0.39, 0.29) is 30.3 Å². The Morgan fingerprint density at radius 3 is 2.33 bits per heavy atom. The molecule has 1 aliphatic rings. The van der Waals surface area contributed by atoms with E-state index in [4.69, 9.17) is 11.5 Å². The maximum Gasteiger partial charge on any atom is 0.237 e. The van der Waals surface area contributed by atoms with Crippen LogP contribution >= 0.6 is 0 Å². The molecule has 0 spiro atoms. The molecule has 0 bridgehead atoms. The molecule has 0 heterocycles. The lowest BCUT2D eigenvalue weighted by atomic mass is 9.86. The van der Waals surface area contributed by atoms with Crippen molar-refractivity contribution < 1.29 is 19.2 Å². The molecule has 0 aromatic heterocycles. The van der Waals surface area contributed by atoms with Crippen molar-refractivity contribution in [3.8, 4) is 5.75 Å². The maximum atomic E-state index is 13.0. The molecule has 1 fully saturated rings. The summed E-state index contributed by atoms with van der Waals surface area (Å²) in [5.74, 6) is 0.247. The molecule has 1 aromatic carbocycles. The second-order valence-corrected chi connectivity index (χ2v) is 11.1. The smallest absolute Gasteiger partial charge is 0.237 e. The van der Waals surface area contributed by atoms with Crippen molar-refractivity contribution in [2.45, 2.75) is 89.0 Å². The number of aryl methyl sites for hydroxylation is 2. The number of phenolic OH excluding ortho intramolecular Hbond substituents is 1. The minimum absolute atomic E-state index is 0.00234. The van der Waals surface area contributed by atoms with Gasteiger partial charge in [0.2, 0.25) is 11.7 Å². The Balaban J connectivity index is 1.87. The fourth-order valence-corrected chi connectivity index (χ4v) is 5.79. The SMILES string of the molecule is Cc1cc(O)cc(C)c1C[C@@H](N)C(=O)C(CC(N)C(=O)NCCCC1CCCCC1)[S+](C)[O-]. The zero-order chi connectivity index (χ0) is 24.5. The van der Waals surface area contributed by atoms with Gasteiger partial charge in [-0.1, -0.05) is 32.1 Å². The van der Waals surface area contributed by atoms with Crippen molar-refractivity contribution >= 4 is 22.9 Å². The second kappa shape index (κ2) is 13.3. The normalized spacial score (nSPS) is 18.4. The number of Topliss-reactive ketones (excluding diaryl/α,β-unsaturated/α-hetero) is 1. The Kier molecular flexibility index (Phi) is 11.2. The standard InChI is InChI=1S/C25H41N3O4S/c1-16-12-19(29)13-17(2)20(16)14-21(26)24(30)23(33(3)32)15-22(27)25(31)28-11-7-10-18-8-5-4-6-9-18/h12-13,18,21-23,29H,4-11,14-15,26-27H2,1-3H3,(H,28,31)/t21-,22?,23?,33?/m1/s1. The molecule has 8 heteroatoms. The maximum absolute atomic E-state index is 13.0. The van der Waals surface area contributed by atoms with Crippen LogP contribution in [0.1, 0.15) is 68.1 Å². The molecular weight excluding hydrogens is 438 g/mol. The third kappa shape index (κ3) is 8.59. The van der Waals surface area contributed by atoms with Crippen molar-refractivity contribution in [2.24, 2.45) is 17.4 Å². The predicted molar refractivity (Wildman–Crippen MR) is 134 cm³/mol. The highest BCUT2D eigenvalue weighted by Gasteiger charge is 2.35. The number of amides is 1. The summed E-state index contributed by atoms with van der Waals surface area (Å²) in [7, 11) is 0. The van der Waals surface area contributed by atoms with Crippen LogP contribution in [-0.2, 0) is 27.2 Å². The average Bonchev–Trinajstić information content (AvgIpc) is 2.77. The molecule has 33 heavy (non-hydrogen) atoms. The zero-order valence-corrected chi connectivity index (χ0v) is 21.1. The van der Waals surface area contributed by atoms with Gasteiger partial charge >= 0.3 is 0 Å². The molecule has 1 aromatic rings. The number of benzene rings is 1. The van der Waals surface area contributed by atoms with Gasteiger partial charge in [0.25, 0.3) is 0 Å². The van der Waals surface area contributed by atoms with Crippen LogP contribution in [-0.4, -0.2) is 51.5 Å². The van der Waals surface area contributed by atoms with E-state index in [1.165, 1.54) is 38.4 Å². The molecular formula is C25H41N3O4S. The minimum atomic E-state index is -1.50. The van der Waals surface area contributed by atoms with E-state index >= 15 is 0 Å². The van der Waals surface area contributed by atoms with Gasteiger partial charge in [0.15, 0.2) is 5.25 Å². The first-order valence-corrected chi connectivity index (χ1v) is 13.7. The largest absolute Gasteiger partial charge is 0.616 e. The van der Waals surface area contributed by atoms with Gasteiger partial charge in [-0.05, 0) is 79.0 Å². The topological polar surface area (TPSA) is 142 Å². The fraction of sp³-hybridized carbons (Fsp3) is 0.680. The first kappa shape index (κ1) is 27.6. The Labute approximate surface area is 201 Å². The Morgan fingerprint density at radius 1 is 1.15 bits per heavy atom. The number of carbonyl (C=O) groups excluding carboxylic acids is 2. The van der Waals surface area contributed by atoms with Crippen molar-refractivity contribution in [1.82, 2.24) is 5.32 Å². The van der Waals surface area contributed by atoms with Crippen LogP contribution in [0, 0.1) is 19.8 Å². The van der Waals surface area contributed by atoms with E-state index in [9.17, 15) is 19.2 Å². The lowest BCUT2D eigenvalue weighted by Crippen LogP contribution is -2.49. The number of hydrogen-bond acceptors (Lipinski definition) is 6. The van der Waals surface area contributed by atoms with Crippen molar-refractivity contribution in [3.05, 3.63) is 28.8 Å². The summed E-state index contributed by atoms with van der Waals surface area (Å²) in [5.41, 5.74) is 14.8. The molecule has 0 aliphatic heterocycles. The van der Waals surface area contributed by atoms with E-state index in [1.807, 2.05) is 13.8 Å². The van der Waals surface area contributed by atoms with Gasteiger partial charge in [-0.25, -0.2) is 0 Å². The van der Waals surface area contributed by atoms with Crippen LogP contribution in [0.15, 0.2) is 12.1 Å². The number of carbonyl (C=O) groups is 2. The number of aromatic hydroxyl groups is 1. The Morgan fingerprint density at radius 2 is 1.76 bits per heavy atom. The highest BCUT2D eigenvalue weighted by molar-refractivity contribution is 7.92. The van der Waals surface area contributed by atoms with Gasteiger partial charge < -0.3 is 26.4 Å². The molecule has 6 N–H and O–H groups in total. The average molecular weight is 480 g/mol. The Bertz CT molecular complexity index is 773. The summed E-state index contributed by atoms with van der Waals surface area (Å²) in [4.78, 5) is 25.5. The lowest BCUT2D eigenvalue weighted by molar-refractivity contribution is -0.123. The number of nitrogens with two attached hydrogens (primary N) is 2. The molecule has 1 aliphatic carbocycles. The first-order valence-electron chi connectivity index (χ1n) is 12.0. The number of ketones is 1. The van der Waals surface area contributed by atoms with Crippen LogP contribution < -0.4 is 16.8 Å². The minimum Gasteiger partial charge on any atom is -0.616 e. The van der Waals surface area contributed by atoms with Gasteiger partial charge in [-0.15, -0.1) is 0 Å². The van der Waals surface area contributed by atoms with Gasteiger partial charge in [0.1, 0.15) is 5.75 Å². The van der Waals surface area contributed by atoms with E-state index < -0.39 is 28.5 Å². The van der Waals surface area contributed by atoms with Crippen molar-refractivity contribution in [3.63, 3.8) is 0 Å². The molecule has 0 radical (unpaired) electrons. The zero-order valence-electron chi connectivity index (χ0n) is 20.3. The van der Waals surface area contributed by atoms with Gasteiger partial charge in [-0.2, -0.15) is 0 Å². The van der Waals surface area contributed by atoms with Crippen LogP contribution in [0.2, 0.25) is 0 Å². The third-order valence-corrected chi connectivity index (χ3v) is 8.03. The van der Waals surface area contributed by atoms with E-state index in [0.717, 1.165) is 35.4 Å². The number of rotatable bonds is 12. The molecule has 2 rings (SSSR count). The summed E-state index contributed by atoms with van der Waals surface area (Å²) < 4.78 is 12.3. The summed E-state index contributed by atoms with van der Waals surface area (Å²) in [6.45, 7) is 4.27. The predicted octanol–water partition coefficient (Wildman–Crippen LogP) is 2.39. The van der Waals surface area contributed by atoms with E-state index in [1.54, 1.807) is 12.1 Å². The van der Waals surface area contributed by atoms with Gasteiger partial charge in [-0.3, -0.25) is 9.59 Å². The van der Waals surface area contributed by atoms with Crippen molar-refractivity contribution in [2.75, 3.05) is 12.8 Å². The summed E-state index contributed by atoms with van der Waals surface area (Å²) in [6.07, 6.45) is 10.2. The number of nitrogens with one attached hydrogen (secondary N) is 1. The van der Waals surface area contributed by atoms with Crippen molar-refractivity contribution in [1.29, 1.82) is 0 Å². The molecule has 7 nitrogen and oxygen atoms in total. The van der Waals surface area contributed by atoms with Crippen LogP contribution in [0.4, 0.5) is 0 Å². The van der Waals surface area contributed by atoms with Gasteiger partial charge in [0.05, 0.1) is 18.3 Å². The number of phenols is 1. The van der Waals surface area contributed by atoms with E-state index in [2.05, 4.69) is 5.32 Å². The van der Waals surface area contributed by atoms with Crippen LogP contribution in [0.5, 0.6) is 5.75 Å². The third-order valence-electron chi connectivity index (χ3n) is 6.81. The molecule has 1 saturated carbocycles.